The molecule has 1 aromatic heterocycles. The third-order valence-corrected chi connectivity index (χ3v) is 5.46. The molecule has 0 radical (unpaired) electrons. The van der Waals surface area contributed by atoms with Crippen LogP contribution in [0.5, 0.6) is 0 Å². The van der Waals surface area contributed by atoms with Gasteiger partial charge in [0, 0.05) is 36.1 Å². The lowest BCUT2D eigenvalue weighted by molar-refractivity contribution is -0.130. The fourth-order valence-corrected chi connectivity index (χ4v) is 3.73. The maximum absolute atomic E-state index is 12.5. The van der Waals surface area contributed by atoms with Crippen LogP contribution in [0.15, 0.2) is 41.0 Å². The minimum atomic E-state index is -0.198. The monoisotopic (exact) mass is 388 g/mol. The molecule has 3 rings (SSSR count). The lowest BCUT2D eigenvalue weighted by atomic mass is 10.0. The van der Waals surface area contributed by atoms with Gasteiger partial charge in [-0.25, -0.2) is 0 Å². The molecule has 144 valence electrons. The van der Waals surface area contributed by atoms with Gasteiger partial charge in [0.15, 0.2) is 5.76 Å². The van der Waals surface area contributed by atoms with E-state index >= 15 is 0 Å². The molecular weight excluding hydrogens is 364 g/mol. The van der Waals surface area contributed by atoms with Crippen molar-refractivity contribution in [2.75, 3.05) is 13.1 Å². The molecule has 1 fully saturated rings. The highest BCUT2D eigenvalue weighted by Crippen LogP contribution is 2.22. The van der Waals surface area contributed by atoms with Gasteiger partial charge in [-0.1, -0.05) is 23.7 Å². The van der Waals surface area contributed by atoms with Crippen molar-refractivity contribution in [3.05, 3.63) is 58.5 Å². The molecule has 2 atom stereocenters. The summed E-state index contributed by atoms with van der Waals surface area (Å²) in [5.74, 6) is 0.558. The first kappa shape index (κ1) is 19.5. The summed E-state index contributed by atoms with van der Waals surface area (Å²) in [5.41, 5.74) is 1.89. The molecule has 2 unspecified atom stereocenters. The first-order chi connectivity index (χ1) is 12.9. The Morgan fingerprint density at radius 3 is 2.89 bits per heavy atom. The topological polar surface area (TPSA) is 62.6 Å². The fraction of sp³-hybridized carbons (Fsp3) is 0.429. The van der Waals surface area contributed by atoms with Gasteiger partial charge in [-0.05, 0) is 56.4 Å². The fourth-order valence-electron chi connectivity index (χ4n) is 3.52. The van der Waals surface area contributed by atoms with Crippen LogP contribution in [0, 0.1) is 12.8 Å². The average Bonchev–Trinajstić information content (AvgIpc) is 3.29. The smallest absolute Gasteiger partial charge is 0.287 e. The summed E-state index contributed by atoms with van der Waals surface area (Å²) >= 11 is 5.99. The zero-order valence-corrected chi connectivity index (χ0v) is 16.5. The molecule has 0 saturated carbocycles. The molecule has 2 aromatic rings. The molecule has 1 N–H and O–H groups in total. The number of carbonyl (C=O) groups excluding carboxylic acids is 2. The molecule has 1 saturated heterocycles. The Hall–Kier alpha value is -2.27. The number of likely N-dealkylation sites (tertiary alicyclic amines) is 1. The highest BCUT2D eigenvalue weighted by atomic mass is 35.5. The summed E-state index contributed by atoms with van der Waals surface area (Å²) in [6.07, 6.45) is 3.57. The predicted molar refractivity (Wildman–Crippen MR) is 105 cm³/mol. The van der Waals surface area contributed by atoms with Crippen molar-refractivity contribution in [1.29, 1.82) is 0 Å². The molecule has 6 heteroatoms. The molecule has 2 amide bonds. The Kier molecular flexibility index (Phi) is 6.22. The molecular formula is C21H25ClN2O3. The van der Waals surface area contributed by atoms with Crippen LogP contribution in [0.3, 0.4) is 0 Å². The van der Waals surface area contributed by atoms with Crippen molar-refractivity contribution >= 4 is 23.4 Å². The Morgan fingerprint density at radius 2 is 2.19 bits per heavy atom. The summed E-state index contributed by atoms with van der Waals surface area (Å²) in [7, 11) is 0. The first-order valence-corrected chi connectivity index (χ1v) is 9.69. The number of hydrogen-bond acceptors (Lipinski definition) is 3. The van der Waals surface area contributed by atoms with Crippen molar-refractivity contribution in [1.82, 2.24) is 10.2 Å². The number of rotatable bonds is 6. The second-order valence-electron chi connectivity index (χ2n) is 7.21. The summed E-state index contributed by atoms with van der Waals surface area (Å²) in [4.78, 5) is 26.7. The van der Waals surface area contributed by atoms with Gasteiger partial charge in [0.1, 0.15) is 0 Å². The lowest BCUT2D eigenvalue weighted by Crippen LogP contribution is -2.40. The van der Waals surface area contributed by atoms with Gasteiger partial charge in [-0.2, -0.15) is 0 Å². The Morgan fingerprint density at radius 1 is 1.37 bits per heavy atom. The summed E-state index contributed by atoms with van der Waals surface area (Å²) < 4.78 is 5.25. The van der Waals surface area contributed by atoms with E-state index in [-0.39, 0.29) is 23.8 Å². The molecule has 1 aliphatic heterocycles. The van der Waals surface area contributed by atoms with E-state index in [4.69, 9.17) is 16.0 Å². The summed E-state index contributed by atoms with van der Waals surface area (Å²) in [5, 5.41) is 3.70. The molecule has 0 bridgehead atoms. The zero-order chi connectivity index (χ0) is 19.4. The Balaban J connectivity index is 1.48. The molecule has 5 nitrogen and oxygen atoms in total. The number of benzene rings is 1. The molecule has 1 aliphatic rings. The van der Waals surface area contributed by atoms with E-state index in [0.717, 1.165) is 24.1 Å². The van der Waals surface area contributed by atoms with Crippen LogP contribution >= 0.6 is 11.6 Å². The number of amides is 2. The van der Waals surface area contributed by atoms with E-state index in [1.54, 1.807) is 6.07 Å². The number of nitrogens with one attached hydrogen (secondary N) is 1. The van der Waals surface area contributed by atoms with Crippen molar-refractivity contribution in [3.8, 4) is 0 Å². The second kappa shape index (κ2) is 8.61. The number of hydrogen-bond donors (Lipinski definition) is 1. The molecule has 1 aromatic carbocycles. The van der Waals surface area contributed by atoms with Crippen molar-refractivity contribution < 1.29 is 14.0 Å². The van der Waals surface area contributed by atoms with E-state index in [2.05, 4.69) is 5.32 Å². The molecule has 0 spiro atoms. The van der Waals surface area contributed by atoms with Crippen molar-refractivity contribution in [2.24, 2.45) is 5.92 Å². The van der Waals surface area contributed by atoms with Crippen LogP contribution in [0.4, 0.5) is 0 Å². The first-order valence-electron chi connectivity index (χ1n) is 9.31. The number of carbonyl (C=O) groups is 2. The quantitative estimate of drug-likeness (QED) is 0.817. The van der Waals surface area contributed by atoms with Gasteiger partial charge >= 0.3 is 0 Å². The standard InChI is InChI=1S/C21H25ClN2O3/c1-14-9-11-27-20(14)21(26)23-15(2)17-8-10-24(13-17)19(25)7-6-16-4-3-5-18(22)12-16/h3-5,9,11-12,15,17H,6-8,10,13H2,1-2H3,(H,23,26). The largest absolute Gasteiger partial charge is 0.459 e. The minimum absolute atomic E-state index is 0.0206. The molecule has 2 heterocycles. The van der Waals surface area contributed by atoms with Crippen LogP contribution < -0.4 is 5.32 Å². The predicted octanol–water partition coefficient (Wildman–Crippen LogP) is 3.84. The second-order valence-corrected chi connectivity index (χ2v) is 7.65. The zero-order valence-electron chi connectivity index (χ0n) is 15.7. The maximum Gasteiger partial charge on any atom is 0.287 e. The van der Waals surface area contributed by atoms with Crippen LogP contribution in [-0.2, 0) is 11.2 Å². The Bertz CT molecular complexity index is 817. The third-order valence-electron chi connectivity index (χ3n) is 5.23. The van der Waals surface area contributed by atoms with Crippen LogP contribution in [0.1, 0.15) is 41.4 Å². The van der Waals surface area contributed by atoms with Crippen LogP contribution in [0.2, 0.25) is 5.02 Å². The third kappa shape index (κ3) is 4.92. The average molecular weight is 389 g/mol. The van der Waals surface area contributed by atoms with Crippen molar-refractivity contribution in [2.45, 2.75) is 39.2 Å². The summed E-state index contributed by atoms with van der Waals surface area (Å²) in [6.45, 7) is 5.24. The normalized spacial score (nSPS) is 17.7. The van der Waals surface area contributed by atoms with Gasteiger partial charge in [-0.3, -0.25) is 9.59 Å². The highest BCUT2D eigenvalue weighted by Gasteiger charge is 2.31. The number of aryl methyl sites for hydroxylation is 2. The van der Waals surface area contributed by atoms with E-state index < -0.39 is 0 Å². The number of furan rings is 1. The van der Waals surface area contributed by atoms with Crippen LogP contribution in [0.25, 0.3) is 0 Å². The van der Waals surface area contributed by atoms with Gasteiger partial charge in [-0.15, -0.1) is 0 Å². The van der Waals surface area contributed by atoms with E-state index in [1.165, 1.54) is 6.26 Å². The van der Waals surface area contributed by atoms with E-state index in [9.17, 15) is 9.59 Å². The maximum atomic E-state index is 12.5. The highest BCUT2D eigenvalue weighted by molar-refractivity contribution is 6.30. The number of nitrogens with zero attached hydrogens (tertiary/aromatic N) is 1. The lowest BCUT2D eigenvalue weighted by Gasteiger charge is -2.21. The molecule has 27 heavy (non-hydrogen) atoms. The van der Waals surface area contributed by atoms with E-state index in [1.807, 2.05) is 43.0 Å². The summed E-state index contributed by atoms with van der Waals surface area (Å²) in [6, 6.07) is 9.37. The SMILES string of the molecule is Cc1ccoc1C(=O)NC(C)C1CCN(C(=O)CCc2cccc(Cl)c2)C1. The van der Waals surface area contributed by atoms with Gasteiger partial charge < -0.3 is 14.6 Å². The van der Waals surface area contributed by atoms with E-state index in [0.29, 0.717) is 30.2 Å². The Labute approximate surface area is 164 Å². The van der Waals surface area contributed by atoms with Gasteiger partial charge in [0.05, 0.1) is 6.26 Å². The van der Waals surface area contributed by atoms with Gasteiger partial charge in [0.2, 0.25) is 5.91 Å². The number of halogens is 1. The molecule has 0 aliphatic carbocycles. The van der Waals surface area contributed by atoms with Gasteiger partial charge in [0.25, 0.3) is 5.91 Å². The minimum Gasteiger partial charge on any atom is -0.459 e. The van der Waals surface area contributed by atoms with Crippen molar-refractivity contribution in [3.63, 3.8) is 0 Å². The van der Waals surface area contributed by atoms with Crippen LogP contribution in [-0.4, -0.2) is 35.8 Å².